The first-order chi connectivity index (χ1) is 16.2. The molecular formula is C25H33N7O. The zero-order chi connectivity index (χ0) is 22.8. The van der Waals surface area contributed by atoms with Crippen LogP contribution in [0.5, 0.6) is 0 Å². The van der Waals surface area contributed by atoms with Gasteiger partial charge >= 0.3 is 0 Å². The van der Waals surface area contributed by atoms with E-state index in [4.69, 9.17) is 4.98 Å². The maximum atomic E-state index is 13.2. The van der Waals surface area contributed by atoms with Crippen molar-refractivity contribution in [1.82, 2.24) is 24.8 Å². The molecule has 174 valence electrons. The first-order valence-electron chi connectivity index (χ1n) is 12.3. The van der Waals surface area contributed by atoms with Gasteiger partial charge in [0.05, 0.1) is 11.9 Å². The average molecular weight is 448 g/mol. The summed E-state index contributed by atoms with van der Waals surface area (Å²) in [5.41, 5.74) is 2.76. The molecule has 2 aliphatic rings. The van der Waals surface area contributed by atoms with Gasteiger partial charge in [-0.25, -0.2) is 9.97 Å². The zero-order valence-corrected chi connectivity index (χ0v) is 19.5. The van der Waals surface area contributed by atoms with Gasteiger partial charge in [0.2, 0.25) is 5.95 Å². The van der Waals surface area contributed by atoms with Crippen LogP contribution in [0, 0.1) is 0 Å². The monoisotopic (exact) mass is 447 g/mol. The standard InChI is InChI=1S/C25H33N7O/c1-3-17-13-18-14-28-25(30-23(18)32(24(17)33)20-7-5-6-8-20)29-22-10-9-21(15-27-22)31-12-11-19(16-31)26-4-2/h9-10,13-15,19-20,26H,3-8,11-12,16H2,1-2H3,(H,27,28,29,30). The van der Waals surface area contributed by atoms with Crippen LogP contribution < -0.4 is 21.1 Å². The van der Waals surface area contributed by atoms with Crippen molar-refractivity contribution in [2.75, 3.05) is 29.9 Å². The molecule has 1 aliphatic heterocycles. The Hall–Kier alpha value is -3.00. The van der Waals surface area contributed by atoms with Gasteiger partial charge < -0.3 is 15.5 Å². The van der Waals surface area contributed by atoms with E-state index in [-0.39, 0.29) is 11.6 Å². The summed E-state index contributed by atoms with van der Waals surface area (Å²) in [4.78, 5) is 29.4. The second kappa shape index (κ2) is 9.47. The van der Waals surface area contributed by atoms with E-state index in [1.54, 1.807) is 0 Å². The molecule has 1 atom stereocenters. The number of pyridine rings is 2. The largest absolute Gasteiger partial charge is 0.369 e. The fourth-order valence-electron chi connectivity index (χ4n) is 5.20. The van der Waals surface area contributed by atoms with Crippen LogP contribution >= 0.6 is 0 Å². The highest BCUT2D eigenvalue weighted by atomic mass is 16.1. The topological polar surface area (TPSA) is 88.0 Å². The van der Waals surface area contributed by atoms with Crippen molar-refractivity contribution in [1.29, 1.82) is 0 Å². The number of hydrogen-bond acceptors (Lipinski definition) is 7. The van der Waals surface area contributed by atoms with E-state index < -0.39 is 0 Å². The van der Waals surface area contributed by atoms with Crippen LogP contribution in [0.2, 0.25) is 0 Å². The van der Waals surface area contributed by atoms with Crippen molar-refractivity contribution in [3.63, 3.8) is 0 Å². The second-order valence-electron chi connectivity index (χ2n) is 9.13. The number of aromatic nitrogens is 4. The van der Waals surface area contributed by atoms with Crippen molar-refractivity contribution >= 4 is 28.5 Å². The second-order valence-corrected chi connectivity index (χ2v) is 9.13. The summed E-state index contributed by atoms with van der Waals surface area (Å²) >= 11 is 0. The number of likely N-dealkylation sites (N-methyl/N-ethyl adjacent to an activating group) is 1. The molecule has 2 N–H and O–H groups in total. The van der Waals surface area contributed by atoms with Gasteiger partial charge in [-0.2, -0.15) is 4.98 Å². The molecule has 4 heterocycles. The molecule has 0 radical (unpaired) electrons. The lowest BCUT2D eigenvalue weighted by Gasteiger charge is -2.19. The van der Waals surface area contributed by atoms with Gasteiger partial charge in [0.15, 0.2) is 0 Å². The van der Waals surface area contributed by atoms with E-state index in [0.717, 1.165) is 68.4 Å². The molecule has 1 saturated heterocycles. The lowest BCUT2D eigenvalue weighted by atomic mass is 10.1. The number of fused-ring (bicyclic) bond motifs is 1. The van der Waals surface area contributed by atoms with Crippen LogP contribution in [0.3, 0.4) is 0 Å². The SMILES string of the molecule is CCNC1CCN(c2ccc(Nc3ncc4cc(CC)c(=O)n(C5CCCC5)c4n3)nc2)C1. The molecule has 0 spiro atoms. The summed E-state index contributed by atoms with van der Waals surface area (Å²) in [5.74, 6) is 1.16. The molecule has 8 heteroatoms. The minimum Gasteiger partial charge on any atom is -0.369 e. The maximum absolute atomic E-state index is 13.2. The molecule has 0 amide bonds. The van der Waals surface area contributed by atoms with Crippen LogP contribution in [0.4, 0.5) is 17.5 Å². The number of rotatable bonds is 7. The highest BCUT2D eigenvalue weighted by Crippen LogP contribution is 2.31. The Morgan fingerprint density at radius 3 is 2.67 bits per heavy atom. The summed E-state index contributed by atoms with van der Waals surface area (Å²) in [6.07, 6.45) is 9.96. The predicted octanol–water partition coefficient (Wildman–Crippen LogP) is 3.80. The van der Waals surface area contributed by atoms with Crippen molar-refractivity contribution in [2.45, 2.75) is 64.5 Å². The maximum Gasteiger partial charge on any atom is 0.255 e. The van der Waals surface area contributed by atoms with Crippen molar-refractivity contribution in [3.8, 4) is 0 Å². The molecule has 0 bridgehead atoms. The Kier molecular flexibility index (Phi) is 6.26. The van der Waals surface area contributed by atoms with Crippen LogP contribution in [-0.2, 0) is 6.42 Å². The van der Waals surface area contributed by atoms with Crippen molar-refractivity contribution in [3.05, 3.63) is 46.5 Å². The normalized spacial score (nSPS) is 19.0. The van der Waals surface area contributed by atoms with Gasteiger partial charge in [0.25, 0.3) is 5.56 Å². The molecule has 3 aromatic rings. The molecular weight excluding hydrogens is 414 g/mol. The van der Waals surface area contributed by atoms with Gasteiger partial charge in [-0.15, -0.1) is 0 Å². The number of nitrogens with zero attached hydrogens (tertiary/aromatic N) is 5. The van der Waals surface area contributed by atoms with Crippen LogP contribution in [0.1, 0.15) is 57.6 Å². The van der Waals surface area contributed by atoms with E-state index >= 15 is 0 Å². The number of aryl methyl sites for hydroxylation is 1. The first kappa shape index (κ1) is 21.8. The Morgan fingerprint density at radius 1 is 1.09 bits per heavy atom. The fraction of sp³-hybridized carbons (Fsp3) is 0.520. The quantitative estimate of drug-likeness (QED) is 0.570. The molecule has 5 rings (SSSR count). The molecule has 2 fully saturated rings. The summed E-state index contributed by atoms with van der Waals surface area (Å²) in [5, 5.41) is 7.67. The van der Waals surface area contributed by atoms with Crippen molar-refractivity contribution < 1.29 is 0 Å². The summed E-state index contributed by atoms with van der Waals surface area (Å²) in [6.45, 7) is 7.22. The molecule has 1 aliphatic carbocycles. The van der Waals surface area contributed by atoms with Gasteiger partial charge in [-0.05, 0) is 50.4 Å². The van der Waals surface area contributed by atoms with E-state index in [1.807, 2.05) is 36.0 Å². The molecule has 33 heavy (non-hydrogen) atoms. The highest BCUT2D eigenvalue weighted by molar-refractivity contribution is 5.76. The molecule has 8 nitrogen and oxygen atoms in total. The number of nitrogens with one attached hydrogen (secondary N) is 2. The third-order valence-corrected chi connectivity index (χ3v) is 6.95. The minimum atomic E-state index is 0.0884. The Labute approximate surface area is 194 Å². The predicted molar refractivity (Wildman–Crippen MR) is 132 cm³/mol. The lowest BCUT2D eigenvalue weighted by molar-refractivity contribution is 0.513. The third kappa shape index (κ3) is 4.44. The van der Waals surface area contributed by atoms with E-state index in [0.29, 0.717) is 29.9 Å². The van der Waals surface area contributed by atoms with E-state index in [2.05, 4.69) is 38.5 Å². The van der Waals surface area contributed by atoms with E-state index in [1.165, 1.54) is 0 Å². The Bertz CT molecular complexity index is 1170. The number of anilines is 3. The lowest BCUT2D eigenvalue weighted by Crippen LogP contribution is -2.32. The Balaban J connectivity index is 1.39. The number of hydrogen-bond donors (Lipinski definition) is 2. The molecule has 1 saturated carbocycles. The minimum absolute atomic E-state index is 0.0884. The first-order valence-corrected chi connectivity index (χ1v) is 12.3. The van der Waals surface area contributed by atoms with Crippen LogP contribution in [0.15, 0.2) is 35.4 Å². The average Bonchev–Trinajstić information content (AvgIpc) is 3.52. The van der Waals surface area contributed by atoms with E-state index in [9.17, 15) is 4.79 Å². The van der Waals surface area contributed by atoms with Gasteiger partial charge in [0, 0.05) is 42.3 Å². The summed E-state index contributed by atoms with van der Waals surface area (Å²) in [6, 6.07) is 6.76. The molecule has 3 aromatic heterocycles. The smallest absolute Gasteiger partial charge is 0.255 e. The zero-order valence-electron chi connectivity index (χ0n) is 19.5. The van der Waals surface area contributed by atoms with Gasteiger partial charge in [0.1, 0.15) is 11.5 Å². The molecule has 1 unspecified atom stereocenters. The highest BCUT2D eigenvalue weighted by Gasteiger charge is 2.23. The van der Waals surface area contributed by atoms with Gasteiger partial charge in [-0.1, -0.05) is 26.7 Å². The van der Waals surface area contributed by atoms with Crippen LogP contribution in [0.25, 0.3) is 11.0 Å². The van der Waals surface area contributed by atoms with Crippen molar-refractivity contribution in [2.24, 2.45) is 0 Å². The Morgan fingerprint density at radius 2 is 1.94 bits per heavy atom. The van der Waals surface area contributed by atoms with Gasteiger partial charge in [-0.3, -0.25) is 9.36 Å². The summed E-state index contributed by atoms with van der Waals surface area (Å²) < 4.78 is 1.92. The fourth-order valence-corrected chi connectivity index (χ4v) is 5.20. The third-order valence-electron chi connectivity index (χ3n) is 6.95. The summed E-state index contributed by atoms with van der Waals surface area (Å²) in [7, 11) is 0. The van der Waals surface area contributed by atoms with Crippen LogP contribution in [-0.4, -0.2) is 45.2 Å². The molecule has 0 aromatic carbocycles.